The van der Waals surface area contributed by atoms with Crippen LogP contribution in [0.4, 0.5) is 14.5 Å². The second-order valence-corrected chi connectivity index (χ2v) is 6.10. The van der Waals surface area contributed by atoms with Gasteiger partial charge in [-0.05, 0) is 44.0 Å². The molecule has 2 aromatic rings. The molecule has 1 heterocycles. The molecule has 1 amide bonds. The van der Waals surface area contributed by atoms with Gasteiger partial charge in [0, 0.05) is 17.8 Å². The Morgan fingerprint density at radius 2 is 1.80 bits per heavy atom. The van der Waals surface area contributed by atoms with Gasteiger partial charge in [-0.3, -0.25) is 4.79 Å². The van der Waals surface area contributed by atoms with Crippen LogP contribution in [0, 0.1) is 11.6 Å². The highest BCUT2D eigenvalue weighted by atomic mass is 19.1. The number of anilines is 1. The van der Waals surface area contributed by atoms with Crippen LogP contribution in [-0.2, 0) is 16.0 Å². The first-order chi connectivity index (χ1) is 11.9. The van der Waals surface area contributed by atoms with Gasteiger partial charge in [0.15, 0.2) is 6.10 Å². The number of benzene rings is 2. The van der Waals surface area contributed by atoms with Gasteiger partial charge in [-0.15, -0.1) is 0 Å². The lowest BCUT2D eigenvalue weighted by Crippen LogP contribution is -2.43. The van der Waals surface area contributed by atoms with Crippen LogP contribution < -0.4 is 4.90 Å². The molecule has 130 valence electrons. The fourth-order valence-corrected chi connectivity index (χ4v) is 3.05. The van der Waals surface area contributed by atoms with Gasteiger partial charge >= 0.3 is 5.97 Å². The molecule has 0 bridgehead atoms. The Hall–Kier alpha value is -2.76. The second kappa shape index (κ2) is 6.63. The first kappa shape index (κ1) is 17.1. The molecule has 2 atom stereocenters. The van der Waals surface area contributed by atoms with E-state index in [9.17, 15) is 18.4 Å². The zero-order chi connectivity index (χ0) is 18.1. The molecule has 0 saturated heterocycles. The second-order valence-electron chi connectivity index (χ2n) is 6.10. The van der Waals surface area contributed by atoms with Gasteiger partial charge in [0.1, 0.15) is 11.6 Å². The summed E-state index contributed by atoms with van der Waals surface area (Å²) in [7, 11) is 0. The molecular weight excluding hydrogens is 328 g/mol. The van der Waals surface area contributed by atoms with Crippen LogP contribution in [0.1, 0.15) is 29.8 Å². The summed E-state index contributed by atoms with van der Waals surface area (Å²) in [5.74, 6) is -3.08. The monoisotopic (exact) mass is 345 g/mol. The molecule has 1 aliphatic heterocycles. The van der Waals surface area contributed by atoms with Crippen LogP contribution in [0.5, 0.6) is 0 Å². The highest BCUT2D eigenvalue weighted by Crippen LogP contribution is 2.32. The SMILES string of the molecule is C[C@@H]1Cc2ccccc2N1C(=O)[C@@H](C)OC(=O)c1cc(F)cc(F)c1. The number of nitrogens with zero attached hydrogens (tertiary/aromatic N) is 1. The third kappa shape index (κ3) is 3.38. The molecule has 6 heteroatoms. The van der Waals surface area contributed by atoms with Crippen LogP contribution >= 0.6 is 0 Å². The van der Waals surface area contributed by atoms with Crippen LogP contribution in [0.2, 0.25) is 0 Å². The predicted octanol–water partition coefficient (Wildman–Crippen LogP) is 3.49. The van der Waals surface area contributed by atoms with Gasteiger partial charge in [-0.1, -0.05) is 18.2 Å². The number of rotatable bonds is 3. The Kier molecular flexibility index (Phi) is 4.53. The summed E-state index contributed by atoms with van der Waals surface area (Å²) in [5, 5.41) is 0. The van der Waals surface area contributed by atoms with E-state index in [1.54, 1.807) is 4.90 Å². The predicted molar refractivity (Wildman–Crippen MR) is 88.3 cm³/mol. The van der Waals surface area contributed by atoms with Gasteiger partial charge in [0.25, 0.3) is 5.91 Å². The lowest BCUT2D eigenvalue weighted by Gasteiger charge is -2.25. The highest BCUT2D eigenvalue weighted by Gasteiger charge is 2.34. The third-order valence-electron chi connectivity index (χ3n) is 4.17. The summed E-state index contributed by atoms with van der Waals surface area (Å²) in [5.41, 5.74) is 1.57. The number of hydrogen-bond donors (Lipinski definition) is 0. The molecule has 0 aromatic heterocycles. The van der Waals surface area contributed by atoms with Crippen molar-refractivity contribution in [2.24, 2.45) is 0 Å². The number of hydrogen-bond acceptors (Lipinski definition) is 3. The molecule has 0 saturated carbocycles. The van der Waals surface area contributed by atoms with Gasteiger partial charge in [-0.25, -0.2) is 13.6 Å². The zero-order valence-corrected chi connectivity index (χ0v) is 13.8. The van der Waals surface area contributed by atoms with Gasteiger partial charge in [0.05, 0.1) is 5.56 Å². The Morgan fingerprint density at radius 3 is 2.48 bits per heavy atom. The number of esters is 1. The zero-order valence-electron chi connectivity index (χ0n) is 13.8. The van der Waals surface area contributed by atoms with Gasteiger partial charge < -0.3 is 9.64 Å². The van der Waals surface area contributed by atoms with Crippen molar-refractivity contribution in [2.45, 2.75) is 32.4 Å². The fourth-order valence-electron chi connectivity index (χ4n) is 3.05. The molecule has 1 aliphatic rings. The molecule has 4 nitrogen and oxygen atoms in total. The van der Waals surface area contributed by atoms with E-state index < -0.39 is 23.7 Å². The van der Waals surface area contributed by atoms with E-state index >= 15 is 0 Å². The summed E-state index contributed by atoms with van der Waals surface area (Å²) < 4.78 is 31.6. The Morgan fingerprint density at radius 1 is 1.16 bits per heavy atom. The fraction of sp³-hybridized carbons (Fsp3) is 0.263. The third-order valence-corrected chi connectivity index (χ3v) is 4.17. The minimum atomic E-state index is -1.08. The molecule has 25 heavy (non-hydrogen) atoms. The number of carbonyl (C=O) groups is 2. The molecule has 0 N–H and O–H groups in total. The maximum atomic E-state index is 13.2. The molecule has 0 aliphatic carbocycles. The maximum Gasteiger partial charge on any atom is 0.339 e. The number of carbonyl (C=O) groups excluding carboxylic acids is 2. The number of fused-ring (bicyclic) bond motifs is 1. The summed E-state index contributed by atoms with van der Waals surface area (Å²) >= 11 is 0. The minimum Gasteiger partial charge on any atom is -0.449 e. The van der Waals surface area contributed by atoms with E-state index in [2.05, 4.69) is 0 Å². The van der Waals surface area contributed by atoms with E-state index in [1.807, 2.05) is 31.2 Å². The maximum absolute atomic E-state index is 13.2. The molecule has 3 rings (SSSR count). The van der Waals surface area contributed by atoms with Gasteiger partial charge in [0.2, 0.25) is 0 Å². The lowest BCUT2D eigenvalue weighted by atomic mass is 10.1. The van der Waals surface area contributed by atoms with Crippen molar-refractivity contribution in [1.29, 1.82) is 0 Å². The van der Waals surface area contributed by atoms with Crippen molar-refractivity contribution < 1.29 is 23.1 Å². The molecule has 0 radical (unpaired) electrons. The molecule has 2 aromatic carbocycles. The van der Waals surface area contributed by atoms with E-state index in [4.69, 9.17) is 4.74 Å². The van der Waals surface area contributed by atoms with Crippen LogP contribution in [0.15, 0.2) is 42.5 Å². The topological polar surface area (TPSA) is 46.6 Å². The van der Waals surface area contributed by atoms with Crippen LogP contribution in [-0.4, -0.2) is 24.0 Å². The van der Waals surface area contributed by atoms with E-state index in [1.165, 1.54) is 6.92 Å². The minimum absolute atomic E-state index is 0.0577. The molecular formula is C19H17F2NO3. The Labute approximate surface area is 144 Å². The summed E-state index contributed by atoms with van der Waals surface area (Å²) in [6, 6.07) is 9.88. The van der Waals surface area contributed by atoms with Crippen LogP contribution in [0.3, 0.4) is 0 Å². The molecule has 0 unspecified atom stereocenters. The highest BCUT2D eigenvalue weighted by molar-refractivity contribution is 6.00. The lowest BCUT2D eigenvalue weighted by molar-refractivity contribution is -0.126. The summed E-state index contributed by atoms with van der Waals surface area (Å²) in [6.45, 7) is 3.36. The van der Waals surface area contributed by atoms with Crippen molar-refractivity contribution in [2.75, 3.05) is 4.90 Å². The Balaban J connectivity index is 1.76. The van der Waals surface area contributed by atoms with Gasteiger partial charge in [-0.2, -0.15) is 0 Å². The average molecular weight is 345 g/mol. The average Bonchev–Trinajstić information content (AvgIpc) is 2.88. The summed E-state index contributed by atoms with van der Waals surface area (Å²) in [6.07, 6.45) is -0.357. The standard InChI is InChI=1S/C19H17F2NO3/c1-11-7-13-5-3-4-6-17(13)22(11)18(23)12(2)25-19(24)14-8-15(20)10-16(21)9-14/h3-6,8-12H,7H2,1-2H3/t11-,12-/m1/s1. The van der Waals surface area contributed by atoms with Crippen molar-refractivity contribution in [3.8, 4) is 0 Å². The smallest absolute Gasteiger partial charge is 0.339 e. The largest absolute Gasteiger partial charge is 0.449 e. The number of ether oxygens (including phenoxy) is 1. The summed E-state index contributed by atoms with van der Waals surface area (Å²) in [4.78, 5) is 26.4. The van der Waals surface area contributed by atoms with Crippen molar-refractivity contribution in [3.05, 3.63) is 65.2 Å². The first-order valence-corrected chi connectivity index (χ1v) is 7.95. The van der Waals surface area contributed by atoms with E-state index in [0.29, 0.717) is 6.07 Å². The van der Waals surface area contributed by atoms with Crippen LogP contribution in [0.25, 0.3) is 0 Å². The normalized spacial score (nSPS) is 17.1. The number of amides is 1. The van der Waals surface area contributed by atoms with Crippen molar-refractivity contribution in [1.82, 2.24) is 0 Å². The number of halogens is 2. The molecule has 0 fully saturated rings. The quantitative estimate of drug-likeness (QED) is 0.800. The Bertz CT molecular complexity index is 817. The van der Waals surface area contributed by atoms with Crippen molar-refractivity contribution in [3.63, 3.8) is 0 Å². The van der Waals surface area contributed by atoms with E-state index in [-0.39, 0.29) is 17.5 Å². The molecule has 0 spiro atoms. The first-order valence-electron chi connectivity index (χ1n) is 7.95. The van der Waals surface area contributed by atoms with E-state index in [0.717, 1.165) is 29.8 Å². The number of para-hydroxylation sites is 1. The van der Waals surface area contributed by atoms with Crippen molar-refractivity contribution >= 4 is 17.6 Å².